The van der Waals surface area contributed by atoms with E-state index in [1.54, 1.807) is 0 Å². The van der Waals surface area contributed by atoms with E-state index in [0.717, 1.165) is 5.69 Å². The van der Waals surface area contributed by atoms with E-state index in [1.165, 1.54) is 24.3 Å². The van der Waals surface area contributed by atoms with Crippen LogP contribution in [-0.2, 0) is 4.79 Å². The second kappa shape index (κ2) is 7.20. The SMILES string of the molecule is O=C(O)[C@H](c1ccc(F)cc1)N1CCN(c2ccccc2Cl)CC1. The summed E-state index contributed by atoms with van der Waals surface area (Å²) in [5.74, 6) is -1.29. The van der Waals surface area contributed by atoms with Crippen LogP contribution in [0.3, 0.4) is 0 Å². The van der Waals surface area contributed by atoms with E-state index in [4.69, 9.17) is 11.6 Å². The second-order valence-electron chi connectivity index (χ2n) is 5.77. The summed E-state index contributed by atoms with van der Waals surface area (Å²) in [6, 6.07) is 12.5. The number of carboxylic acid groups (broad SMARTS) is 1. The molecule has 0 unspecified atom stereocenters. The fraction of sp³-hybridized carbons (Fsp3) is 0.278. The fourth-order valence-corrected chi connectivity index (χ4v) is 3.34. The number of carboxylic acids is 1. The smallest absolute Gasteiger partial charge is 0.325 e. The molecule has 24 heavy (non-hydrogen) atoms. The van der Waals surface area contributed by atoms with Crippen molar-refractivity contribution in [3.8, 4) is 0 Å². The van der Waals surface area contributed by atoms with Crippen molar-refractivity contribution in [2.75, 3.05) is 31.1 Å². The van der Waals surface area contributed by atoms with Gasteiger partial charge in [0.2, 0.25) is 0 Å². The molecule has 1 aliphatic heterocycles. The number of nitrogens with zero attached hydrogens (tertiary/aromatic N) is 2. The summed E-state index contributed by atoms with van der Waals surface area (Å²) in [5, 5.41) is 10.3. The van der Waals surface area contributed by atoms with Gasteiger partial charge in [0.1, 0.15) is 11.9 Å². The van der Waals surface area contributed by atoms with Crippen molar-refractivity contribution in [2.45, 2.75) is 6.04 Å². The molecule has 0 bridgehead atoms. The first-order chi connectivity index (χ1) is 11.6. The van der Waals surface area contributed by atoms with Crippen molar-refractivity contribution in [1.82, 2.24) is 4.90 Å². The lowest BCUT2D eigenvalue weighted by Crippen LogP contribution is -2.49. The second-order valence-corrected chi connectivity index (χ2v) is 6.17. The molecule has 2 aromatic rings. The lowest BCUT2D eigenvalue weighted by molar-refractivity contribution is -0.143. The summed E-state index contributed by atoms with van der Waals surface area (Å²) in [6.45, 7) is 2.57. The highest BCUT2D eigenvalue weighted by Gasteiger charge is 2.30. The number of piperazine rings is 1. The summed E-state index contributed by atoms with van der Waals surface area (Å²) in [4.78, 5) is 15.8. The van der Waals surface area contributed by atoms with E-state index in [0.29, 0.717) is 36.8 Å². The van der Waals surface area contributed by atoms with Crippen LogP contribution in [0.25, 0.3) is 0 Å². The summed E-state index contributed by atoms with van der Waals surface area (Å²) in [6.07, 6.45) is 0. The van der Waals surface area contributed by atoms with Crippen molar-refractivity contribution >= 4 is 23.3 Å². The predicted octanol–water partition coefficient (Wildman–Crippen LogP) is 3.43. The molecule has 0 amide bonds. The molecule has 0 aliphatic carbocycles. The molecule has 3 rings (SSSR count). The number of rotatable bonds is 4. The van der Waals surface area contributed by atoms with Gasteiger partial charge in [-0.05, 0) is 29.8 Å². The van der Waals surface area contributed by atoms with Crippen LogP contribution >= 0.6 is 11.6 Å². The fourth-order valence-electron chi connectivity index (χ4n) is 3.08. The molecule has 0 saturated carbocycles. The van der Waals surface area contributed by atoms with Crippen LogP contribution in [0.4, 0.5) is 10.1 Å². The van der Waals surface area contributed by atoms with E-state index in [1.807, 2.05) is 29.2 Å². The first kappa shape index (κ1) is 16.7. The maximum Gasteiger partial charge on any atom is 0.325 e. The van der Waals surface area contributed by atoms with Gasteiger partial charge >= 0.3 is 5.97 Å². The highest BCUT2D eigenvalue weighted by Crippen LogP contribution is 2.28. The normalized spacial score (nSPS) is 16.8. The molecule has 2 aromatic carbocycles. The number of hydrogen-bond acceptors (Lipinski definition) is 3. The van der Waals surface area contributed by atoms with Crippen molar-refractivity contribution in [3.05, 3.63) is 64.9 Å². The minimum absolute atomic E-state index is 0.369. The van der Waals surface area contributed by atoms with Gasteiger partial charge in [0.25, 0.3) is 0 Å². The van der Waals surface area contributed by atoms with Crippen LogP contribution in [0, 0.1) is 5.82 Å². The maximum atomic E-state index is 13.1. The van der Waals surface area contributed by atoms with Crippen LogP contribution in [0.5, 0.6) is 0 Å². The van der Waals surface area contributed by atoms with Crippen LogP contribution in [0.2, 0.25) is 5.02 Å². The molecule has 0 aromatic heterocycles. The highest BCUT2D eigenvalue weighted by atomic mass is 35.5. The number of aliphatic carboxylic acids is 1. The third kappa shape index (κ3) is 3.52. The molecule has 6 heteroatoms. The quantitative estimate of drug-likeness (QED) is 0.919. The van der Waals surface area contributed by atoms with E-state index < -0.39 is 12.0 Å². The van der Waals surface area contributed by atoms with Crippen molar-refractivity contribution < 1.29 is 14.3 Å². The average Bonchev–Trinajstić information content (AvgIpc) is 2.58. The summed E-state index contributed by atoms with van der Waals surface area (Å²) >= 11 is 6.23. The van der Waals surface area contributed by atoms with Gasteiger partial charge in [-0.1, -0.05) is 35.9 Å². The zero-order valence-corrected chi connectivity index (χ0v) is 13.8. The zero-order valence-electron chi connectivity index (χ0n) is 13.0. The van der Waals surface area contributed by atoms with E-state index in [2.05, 4.69) is 4.90 Å². The Bertz CT molecular complexity index is 715. The first-order valence-corrected chi connectivity index (χ1v) is 8.16. The van der Waals surface area contributed by atoms with Crippen molar-refractivity contribution in [1.29, 1.82) is 0 Å². The van der Waals surface area contributed by atoms with Crippen LogP contribution in [0.15, 0.2) is 48.5 Å². The molecular formula is C18H18ClFN2O2. The molecular weight excluding hydrogens is 331 g/mol. The Labute approximate surface area is 145 Å². The number of carbonyl (C=O) groups is 1. The topological polar surface area (TPSA) is 43.8 Å². The monoisotopic (exact) mass is 348 g/mol. The van der Waals surface area contributed by atoms with Crippen LogP contribution < -0.4 is 4.90 Å². The predicted molar refractivity (Wildman–Crippen MR) is 92.0 cm³/mol. The van der Waals surface area contributed by atoms with Gasteiger partial charge in [-0.2, -0.15) is 0 Å². The highest BCUT2D eigenvalue weighted by molar-refractivity contribution is 6.33. The molecule has 0 spiro atoms. The van der Waals surface area contributed by atoms with Crippen LogP contribution in [0.1, 0.15) is 11.6 Å². The van der Waals surface area contributed by atoms with Gasteiger partial charge in [-0.15, -0.1) is 0 Å². The number of anilines is 1. The largest absolute Gasteiger partial charge is 0.480 e. The number of para-hydroxylation sites is 1. The molecule has 1 N–H and O–H groups in total. The third-order valence-corrected chi connectivity index (χ3v) is 4.61. The lowest BCUT2D eigenvalue weighted by Gasteiger charge is -2.39. The minimum atomic E-state index is -0.923. The summed E-state index contributed by atoms with van der Waals surface area (Å²) in [5.41, 5.74) is 1.56. The van der Waals surface area contributed by atoms with E-state index in [9.17, 15) is 14.3 Å². The Morgan fingerprint density at radius 1 is 1.04 bits per heavy atom. The molecule has 1 heterocycles. The molecule has 1 fully saturated rings. The molecule has 1 aliphatic rings. The van der Waals surface area contributed by atoms with Gasteiger partial charge in [0, 0.05) is 26.2 Å². The standard InChI is InChI=1S/C18H18ClFN2O2/c19-15-3-1-2-4-16(15)21-9-11-22(12-10-21)17(18(23)24)13-5-7-14(20)8-6-13/h1-8,17H,9-12H2,(H,23,24)/t17-/m0/s1. The van der Waals surface area contributed by atoms with Crippen molar-refractivity contribution in [2.24, 2.45) is 0 Å². The molecule has 4 nitrogen and oxygen atoms in total. The van der Waals surface area contributed by atoms with Crippen LogP contribution in [-0.4, -0.2) is 42.2 Å². The van der Waals surface area contributed by atoms with Gasteiger partial charge in [-0.3, -0.25) is 9.69 Å². The number of hydrogen-bond donors (Lipinski definition) is 1. The summed E-state index contributed by atoms with van der Waals surface area (Å²) < 4.78 is 13.1. The molecule has 1 saturated heterocycles. The lowest BCUT2D eigenvalue weighted by atomic mass is 10.0. The van der Waals surface area contributed by atoms with Gasteiger partial charge < -0.3 is 10.0 Å². The Hall–Kier alpha value is -2.11. The Kier molecular flexibility index (Phi) is 5.02. The number of halogens is 2. The molecule has 0 radical (unpaired) electrons. The number of benzene rings is 2. The Morgan fingerprint density at radius 3 is 2.25 bits per heavy atom. The Balaban J connectivity index is 1.73. The van der Waals surface area contributed by atoms with Gasteiger partial charge in [0.05, 0.1) is 10.7 Å². The molecule has 1 atom stereocenters. The Morgan fingerprint density at radius 2 is 1.67 bits per heavy atom. The maximum absolute atomic E-state index is 13.1. The minimum Gasteiger partial charge on any atom is -0.480 e. The van der Waals surface area contributed by atoms with Gasteiger partial charge in [0.15, 0.2) is 0 Å². The van der Waals surface area contributed by atoms with E-state index >= 15 is 0 Å². The average molecular weight is 349 g/mol. The third-order valence-electron chi connectivity index (χ3n) is 4.29. The summed E-state index contributed by atoms with van der Waals surface area (Å²) in [7, 11) is 0. The first-order valence-electron chi connectivity index (χ1n) is 7.78. The molecule has 126 valence electrons. The van der Waals surface area contributed by atoms with E-state index in [-0.39, 0.29) is 5.82 Å². The van der Waals surface area contributed by atoms with Crippen molar-refractivity contribution in [3.63, 3.8) is 0 Å². The zero-order chi connectivity index (χ0) is 17.1. The van der Waals surface area contributed by atoms with Gasteiger partial charge in [-0.25, -0.2) is 4.39 Å².